The maximum absolute atomic E-state index is 12.3. The maximum Gasteiger partial charge on any atom is 0.335 e. The molecule has 5 nitrogen and oxygen atoms in total. The third-order valence-corrected chi connectivity index (χ3v) is 5.98. The highest BCUT2D eigenvalue weighted by atomic mass is 79.9. The van der Waals surface area contributed by atoms with Crippen molar-refractivity contribution in [2.75, 3.05) is 12.0 Å². The van der Waals surface area contributed by atoms with Gasteiger partial charge in [0.25, 0.3) is 0 Å². The van der Waals surface area contributed by atoms with Gasteiger partial charge in [-0.3, -0.25) is 0 Å². The van der Waals surface area contributed by atoms with Crippen molar-refractivity contribution in [3.05, 3.63) is 27.7 Å². The van der Waals surface area contributed by atoms with Crippen molar-refractivity contribution >= 4 is 43.7 Å². The van der Waals surface area contributed by atoms with Crippen LogP contribution in [0.3, 0.4) is 0 Å². The van der Waals surface area contributed by atoms with E-state index < -0.39 is 16.0 Å². The van der Waals surface area contributed by atoms with Crippen LogP contribution in [0.2, 0.25) is 0 Å². The number of halogens is 1. The molecule has 20 heavy (non-hydrogen) atoms. The fourth-order valence-electron chi connectivity index (χ4n) is 1.67. The van der Waals surface area contributed by atoms with Gasteiger partial charge < -0.3 is 5.11 Å². The number of carboxylic acid groups (broad SMARTS) is 1. The predicted molar refractivity (Wildman–Crippen MR) is 84.0 cm³/mol. The van der Waals surface area contributed by atoms with Crippen molar-refractivity contribution < 1.29 is 18.3 Å². The molecule has 0 radical (unpaired) electrons. The molecular weight excluding hydrogens is 366 g/mol. The lowest BCUT2D eigenvalue weighted by Gasteiger charge is -2.15. The summed E-state index contributed by atoms with van der Waals surface area (Å²) in [5.74, 6) is -0.530. The van der Waals surface area contributed by atoms with E-state index in [-0.39, 0.29) is 16.5 Å². The maximum atomic E-state index is 12.3. The van der Waals surface area contributed by atoms with Gasteiger partial charge in [-0.2, -0.15) is 11.8 Å². The van der Waals surface area contributed by atoms with Crippen molar-refractivity contribution in [1.29, 1.82) is 0 Å². The van der Waals surface area contributed by atoms with Crippen LogP contribution in [0.1, 0.15) is 22.8 Å². The van der Waals surface area contributed by atoms with Crippen LogP contribution in [0.15, 0.2) is 21.5 Å². The second kappa shape index (κ2) is 6.93. The predicted octanol–water partition coefficient (Wildman–Crippen LogP) is 2.49. The molecule has 1 atom stereocenters. The van der Waals surface area contributed by atoms with Gasteiger partial charge in [0.05, 0.1) is 10.5 Å². The molecule has 0 aliphatic carbocycles. The van der Waals surface area contributed by atoms with E-state index in [9.17, 15) is 13.2 Å². The third-order valence-electron chi connectivity index (χ3n) is 2.61. The Labute approximate surface area is 131 Å². The summed E-state index contributed by atoms with van der Waals surface area (Å²) in [5.41, 5.74) is 0.416. The normalized spacial score (nSPS) is 13.2. The number of hydrogen-bond donors (Lipinski definition) is 2. The largest absolute Gasteiger partial charge is 0.478 e. The number of hydrogen-bond acceptors (Lipinski definition) is 4. The molecule has 2 N–H and O–H groups in total. The van der Waals surface area contributed by atoms with E-state index in [0.29, 0.717) is 15.8 Å². The second-order valence-electron chi connectivity index (χ2n) is 4.36. The van der Waals surface area contributed by atoms with Crippen LogP contribution in [-0.4, -0.2) is 37.5 Å². The van der Waals surface area contributed by atoms with E-state index in [2.05, 4.69) is 20.7 Å². The summed E-state index contributed by atoms with van der Waals surface area (Å²) in [6, 6.07) is 2.33. The molecule has 0 saturated heterocycles. The SMILES string of the molecule is CSCC(C)NS(=O)(=O)c1cc(C(=O)O)cc(Br)c1C. The summed E-state index contributed by atoms with van der Waals surface area (Å²) >= 11 is 4.73. The van der Waals surface area contributed by atoms with Crippen LogP contribution in [0, 0.1) is 6.92 Å². The summed E-state index contributed by atoms with van der Waals surface area (Å²) in [6.07, 6.45) is 1.89. The van der Waals surface area contributed by atoms with Crippen LogP contribution >= 0.6 is 27.7 Å². The number of aromatic carboxylic acids is 1. The molecule has 0 fully saturated rings. The summed E-state index contributed by atoms with van der Waals surface area (Å²) < 4.78 is 27.7. The zero-order valence-corrected chi connectivity index (χ0v) is 14.5. The highest BCUT2D eigenvalue weighted by Crippen LogP contribution is 2.26. The van der Waals surface area contributed by atoms with Crippen molar-refractivity contribution in [2.45, 2.75) is 24.8 Å². The first-order chi connectivity index (χ1) is 9.19. The lowest BCUT2D eigenvalue weighted by Crippen LogP contribution is -2.34. The molecule has 0 aliphatic rings. The zero-order valence-electron chi connectivity index (χ0n) is 11.3. The number of benzene rings is 1. The average molecular weight is 382 g/mol. The van der Waals surface area contributed by atoms with Crippen molar-refractivity contribution in [2.24, 2.45) is 0 Å². The highest BCUT2D eigenvalue weighted by molar-refractivity contribution is 9.10. The number of rotatable bonds is 6. The van der Waals surface area contributed by atoms with Gasteiger partial charge in [-0.05, 0) is 37.8 Å². The fourth-order valence-corrected chi connectivity index (χ4v) is 4.48. The van der Waals surface area contributed by atoms with Crippen LogP contribution < -0.4 is 4.72 Å². The Morgan fingerprint density at radius 3 is 2.60 bits per heavy atom. The van der Waals surface area contributed by atoms with Crippen molar-refractivity contribution in [1.82, 2.24) is 4.72 Å². The molecule has 0 saturated carbocycles. The topological polar surface area (TPSA) is 83.5 Å². The number of sulfonamides is 1. The molecule has 1 aromatic rings. The van der Waals surface area contributed by atoms with Crippen molar-refractivity contribution in [3.8, 4) is 0 Å². The molecular formula is C12H16BrNO4S2. The van der Waals surface area contributed by atoms with Gasteiger partial charge in [0.15, 0.2) is 0 Å². The Kier molecular flexibility index (Phi) is 6.06. The van der Waals surface area contributed by atoms with E-state index in [1.807, 2.05) is 6.26 Å². The molecule has 1 unspecified atom stereocenters. The van der Waals surface area contributed by atoms with E-state index in [1.54, 1.807) is 13.8 Å². The first-order valence-corrected chi connectivity index (χ1v) is 9.40. The van der Waals surface area contributed by atoms with Gasteiger partial charge in [-0.15, -0.1) is 0 Å². The summed E-state index contributed by atoms with van der Waals surface area (Å²) in [6.45, 7) is 3.39. The van der Waals surface area contributed by atoms with E-state index >= 15 is 0 Å². The van der Waals surface area contributed by atoms with E-state index in [0.717, 1.165) is 0 Å². The first kappa shape index (κ1) is 17.5. The lowest BCUT2D eigenvalue weighted by molar-refractivity contribution is 0.0696. The molecule has 0 aliphatic heterocycles. The molecule has 0 heterocycles. The van der Waals surface area contributed by atoms with Gasteiger partial charge >= 0.3 is 5.97 Å². The number of thioether (sulfide) groups is 1. The Morgan fingerprint density at radius 2 is 2.10 bits per heavy atom. The molecule has 1 rings (SSSR count). The molecule has 8 heteroatoms. The minimum Gasteiger partial charge on any atom is -0.478 e. The molecule has 0 bridgehead atoms. The molecule has 0 aromatic heterocycles. The van der Waals surface area contributed by atoms with E-state index in [1.165, 1.54) is 23.9 Å². The number of nitrogens with one attached hydrogen (secondary N) is 1. The van der Waals surface area contributed by atoms with Gasteiger partial charge in [0, 0.05) is 16.3 Å². The Morgan fingerprint density at radius 1 is 1.50 bits per heavy atom. The zero-order chi connectivity index (χ0) is 15.5. The number of carbonyl (C=O) groups is 1. The standard InChI is InChI=1S/C12H16BrNO4S2/c1-7(6-19-3)14-20(17,18)11-5-9(12(15)16)4-10(13)8(11)2/h4-5,7,14H,6H2,1-3H3,(H,15,16). The van der Waals surface area contributed by atoms with Gasteiger partial charge in [-0.25, -0.2) is 17.9 Å². The van der Waals surface area contributed by atoms with Crippen LogP contribution in [-0.2, 0) is 10.0 Å². The molecule has 0 amide bonds. The van der Waals surface area contributed by atoms with Crippen LogP contribution in [0.4, 0.5) is 0 Å². The van der Waals surface area contributed by atoms with Crippen LogP contribution in [0.5, 0.6) is 0 Å². The van der Waals surface area contributed by atoms with Gasteiger partial charge in [0.2, 0.25) is 10.0 Å². The summed E-state index contributed by atoms with van der Waals surface area (Å²) in [7, 11) is -3.75. The Balaban J connectivity index is 3.27. The number of carboxylic acids is 1. The average Bonchev–Trinajstić information content (AvgIpc) is 2.31. The molecule has 112 valence electrons. The fraction of sp³-hybridized carbons (Fsp3) is 0.417. The summed E-state index contributed by atoms with van der Waals surface area (Å²) in [4.78, 5) is 11.0. The smallest absolute Gasteiger partial charge is 0.335 e. The summed E-state index contributed by atoms with van der Waals surface area (Å²) in [5, 5.41) is 9.02. The first-order valence-electron chi connectivity index (χ1n) is 5.73. The minimum atomic E-state index is -3.75. The van der Waals surface area contributed by atoms with Gasteiger partial charge in [0.1, 0.15) is 0 Å². The quantitative estimate of drug-likeness (QED) is 0.790. The molecule has 0 spiro atoms. The van der Waals surface area contributed by atoms with Gasteiger partial charge in [-0.1, -0.05) is 15.9 Å². The van der Waals surface area contributed by atoms with E-state index in [4.69, 9.17) is 5.11 Å². The van der Waals surface area contributed by atoms with Crippen molar-refractivity contribution in [3.63, 3.8) is 0 Å². The minimum absolute atomic E-state index is 0.0165. The third kappa shape index (κ3) is 4.21. The highest BCUT2D eigenvalue weighted by Gasteiger charge is 2.22. The Bertz CT molecular complexity index is 616. The second-order valence-corrected chi connectivity index (χ2v) is 7.81. The van der Waals surface area contributed by atoms with Crippen LogP contribution in [0.25, 0.3) is 0 Å². The monoisotopic (exact) mass is 381 g/mol. The lowest BCUT2D eigenvalue weighted by atomic mass is 10.1. The molecule has 1 aromatic carbocycles. The Hall–Kier alpha value is -0.570.